The minimum absolute atomic E-state index is 0.240. The van der Waals surface area contributed by atoms with E-state index < -0.39 is 10.8 Å². The Balaban J connectivity index is 0.000000407. The highest BCUT2D eigenvalue weighted by atomic mass is 32.2. The molecule has 2 aromatic heterocycles. The second kappa shape index (κ2) is 9.70. The number of hydrogen-bond acceptors (Lipinski definition) is 5. The van der Waals surface area contributed by atoms with Crippen LogP contribution in [0.1, 0.15) is 18.4 Å². The zero-order chi connectivity index (χ0) is 21.8. The lowest BCUT2D eigenvalue weighted by Crippen LogP contribution is -2.37. The topological polar surface area (TPSA) is 66.7 Å². The average Bonchev–Trinajstić information content (AvgIpc) is 3.53. The van der Waals surface area contributed by atoms with Crippen LogP contribution >= 0.6 is 0 Å². The Morgan fingerprint density at radius 1 is 1.23 bits per heavy atom. The number of rotatable bonds is 5. The van der Waals surface area contributed by atoms with Gasteiger partial charge in [0.15, 0.2) is 0 Å². The highest BCUT2D eigenvalue weighted by Gasteiger charge is 2.19. The molecule has 1 saturated heterocycles. The zero-order valence-corrected chi connectivity index (χ0v) is 18.4. The van der Waals surface area contributed by atoms with E-state index in [0.717, 1.165) is 54.9 Å². The second-order valence-electron chi connectivity index (χ2n) is 7.93. The summed E-state index contributed by atoms with van der Waals surface area (Å²) in [7, 11) is 1.12. The summed E-state index contributed by atoms with van der Waals surface area (Å²) in [5.41, 5.74) is 3.04. The van der Waals surface area contributed by atoms with Crippen LogP contribution in [0.25, 0.3) is 16.9 Å². The Morgan fingerprint density at radius 2 is 2.00 bits per heavy atom. The lowest BCUT2D eigenvalue weighted by atomic mass is 10.1. The molecule has 3 aromatic rings. The number of anilines is 1. The van der Waals surface area contributed by atoms with Gasteiger partial charge < -0.3 is 10.1 Å². The SMILES string of the molecule is CNc1cn2c(-c3ccc(CN4CCS(=O)CC4)cc3F)cccc2n1.O=CC1CC1. The van der Waals surface area contributed by atoms with E-state index in [4.69, 9.17) is 0 Å². The summed E-state index contributed by atoms with van der Waals surface area (Å²) in [6, 6.07) is 11.1. The van der Waals surface area contributed by atoms with Gasteiger partial charge in [-0.05, 0) is 42.7 Å². The quantitative estimate of drug-likeness (QED) is 0.614. The molecule has 1 aliphatic heterocycles. The zero-order valence-electron chi connectivity index (χ0n) is 17.6. The first-order valence-electron chi connectivity index (χ1n) is 10.5. The Labute approximate surface area is 183 Å². The molecule has 164 valence electrons. The van der Waals surface area contributed by atoms with Crippen molar-refractivity contribution < 1.29 is 13.4 Å². The fourth-order valence-electron chi connectivity index (χ4n) is 3.54. The summed E-state index contributed by atoms with van der Waals surface area (Å²) in [5.74, 6) is 2.37. The summed E-state index contributed by atoms with van der Waals surface area (Å²) < 4.78 is 28.2. The fourth-order valence-corrected chi connectivity index (χ4v) is 4.67. The number of hydrogen-bond donors (Lipinski definition) is 1. The van der Waals surface area contributed by atoms with Gasteiger partial charge in [-0.15, -0.1) is 0 Å². The predicted octanol–water partition coefficient (Wildman–Crippen LogP) is 3.34. The summed E-state index contributed by atoms with van der Waals surface area (Å²) in [6.45, 7) is 2.29. The summed E-state index contributed by atoms with van der Waals surface area (Å²) >= 11 is 0. The van der Waals surface area contributed by atoms with E-state index in [0.29, 0.717) is 29.5 Å². The molecule has 1 aliphatic carbocycles. The smallest absolute Gasteiger partial charge is 0.145 e. The van der Waals surface area contributed by atoms with Crippen molar-refractivity contribution in [2.24, 2.45) is 5.92 Å². The van der Waals surface area contributed by atoms with Crippen LogP contribution in [0.4, 0.5) is 10.2 Å². The molecule has 0 radical (unpaired) electrons. The Morgan fingerprint density at radius 3 is 2.61 bits per heavy atom. The van der Waals surface area contributed by atoms with Crippen molar-refractivity contribution in [1.29, 1.82) is 0 Å². The number of halogens is 1. The van der Waals surface area contributed by atoms with Gasteiger partial charge in [0.1, 0.15) is 23.6 Å². The van der Waals surface area contributed by atoms with Gasteiger partial charge in [0.25, 0.3) is 0 Å². The highest BCUT2D eigenvalue weighted by molar-refractivity contribution is 7.85. The standard InChI is InChI=1S/C19H21FN4OS.C4H6O/c1-21-18-13-24-17(3-2-4-19(24)22-18)15-6-5-14(11-16(15)20)12-23-7-9-26(25)10-8-23;5-3-4-1-2-4/h2-6,11,13,21H,7-10,12H2,1H3;3-4H,1-2H2. The van der Waals surface area contributed by atoms with Crippen LogP contribution in [0.3, 0.4) is 0 Å². The highest BCUT2D eigenvalue weighted by Crippen LogP contribution is 2.26. The van der Waals surface area contributed by atoms with Gasteiger partial charge in [-0.3, -0.25) is 13.5 Å². The van der Waals surface area contributed by atoms with Gasteiger partial charge in [0.2, 0.25) is 0 Å². The van der Waals surface area contributed by atoms with E-state index in [9.17, 15) is 13.4 Å². The molecule has 0 atom stereocenters. The van der Waals surface area contributed by atoms with Crippen molar-refractivity contribution in [3.63, 3.8) is 0 Å². The van der Waals surface area contributed by atoms with Crippen molar-refractivity contribution in [2.45, 2.75) is 19.4 Å². The molecule has 8 heteroatoms. The molecule has 1 aromatic carbocycles. The van der Waals surface area contributed by atoms with Crippen molar-refractivity contribution in [1.82, 2.24) is 14.3 Å². The molecule has 3 heterocycles. The maximum absolute atomic E-state index is 14.9. The number of nitrogens with zero attached hydrogens (tertiary/aromatic N) is 3. The van der Waals surface area contributed by atoms with Gasteiger partial charge in [-0.1, -0.05) is 12.1 Å². The minimum atomic E-state index is -0.694. The Kier molecular flexibility index (Phi) is 6.77. The number of carbonyl (C=O) groups excluding carboxylic acids is 1. The number of benzene rings is 1. The molecule has 0 unspecified atom stereocenters. The number of aldehydes is 1. The van der Waals surface area contributed by atoms with E-state index >= 15 is 0 Å². The first kappa shape index (κ1) is 21.6. The van der Waals surface area contributed by atoms with Crippen LogP contribution in [0.5, 0.6) is 0 Å². The maximum Gasteiger partial charge on any atom is 0.145 e. The largest absolute Gasteiger partial charge is 0.372 e. The molecular formula is C23H27FN4O2S. The second-order valence-corrected chi connectivity index (χ2v) is 9.62. The first-order chi connectivity index (χ1) is 15.1. The molecule has 0 amide bonds. The number of pyridine rings is 1. The lowest BCUT2D eigenvalue weighted by molar-refractivity contribution is -0.108. The molecule has 2 aliphatic rings. The van der Waals surface area contributed by atoms with Crippen LogP contribution in [0, 0.1) is 11.7 Å². The van der Waals surface area contributed by atoms with Crippen molar-refractivity contribution in [3.05, 3.63) is 54.0 Å². The molecule has 0 bridgehead atoms. The van der Waals surface area contributed by atoms with Crippen LogP contribution < -0.4 is 5.32 Å². The van der Waals surface area contributed by atoms with Crippen LogP contribution in [-0.4, -0.2) is 56.4 Å². The Bertz CT molecular complexity index is 1090. The minimum Gasteiger partial charge on any atom is -0.372 e. The van der Waals surface area contributed by atoms with Gasteiger partial charge in [0.05, 0.1) is 11.9 Å². The number of carbonyl (C=O) groups is 1. The molecule has 2 fully saturated rings. The fraction of sp³-hybridized carbons (Fsp3) is 0.391. The average molecular weight is 443 g/mol. The summed E-state index contributed by atoms with van der Waals surface area (Å²) in [4.78, 5) is 16.2. The van der Waals surface area contributed by atoms with E-state index in [2.05, 4.69) is 15.2 Å². The first-order valence-corrected chi connectivity index (χ1v) is 12.0. The molecule has 6 nitrogen and oxygen atoms in total. The van der Waals surface area contributed by atoms with Crippen molar-refractivity contribution in [3.8, 4) is 11.3 Å². The molecule has 1 saturated carbocycles. The van der Waals surface area contributed by atoms with E-state index in [1.165, 1.54) is 0 Å². The number of aromatic nitrogens is 2. The van der Waals surface area contributed by atoms with Crippen LogP contribution in [0.15, 0.2) is 42.6 Å². The lowest BCUT2D eigenvalue weighted by Gasteiger charge is -2.26. The van der Waals surface area contributed by atoms with Crippen LogP contribution in [0.2, 0.25) is 0 Å². The summed E-state index contributed by atoms with van der Waals surface area (Å²) in [5, 5.41) is 3.01. The third-order valence-corrected chi connectivity index (χ3v) is 6.82. The van der Waals surface area contributed by atoms with Gasteiger partial charge in [-0.2, -0.15) is 0 Å². The van der Waals surface area contributed by atoms with Crippen molar-refractivity contribution >= 4 is 28.6 Å². The van der Waals surface area contributed by atoms with Gasteiger partial charge >= 0.3 is 0 Å². The number of imidazole rings is 1. The molecule has 5 rings (SSSR count). The van der Waals surface area contributed by atoms with E-state index in [-0.39, 0.29) is 5.82 Å². The van der Waals surface area contributed by atoms with Gasteiger partial charge in [0, 0.05) is 60.5 Å². The van der Waals surface area contributed by atoms with E-state index in [1.54, 1.807) is 6.07 Å². The van der Waals surface area contributed by atoms with Crippen molar-refractivity contribution in [2.75, 3.05) is 37.0 Å². The number of nitrogens with one attached hydrogen (secondary N) is 1. The monoisotopic (exact) mass is 442 g/mol. The predicted molar refractivity (Wildman–Crippen MR) is 122 cm³/mol. The third kappa shape index (κ3) is 5.37. The third-order valence-electron chi connectivity index (χ3n) is 5.55. The van der Waals surface area contributed by atoms with E-state index in [1.807, 2.05) is 48.0 Å². The molecular weight excluding hydrogens is 415 g/mol. The van der Waals surface area contributed by atoms with Crippen LogP contribution in [-0.2, 0) is 22.1 Å². The normalized spacial score (nSPS) is 17.2. The Hall–Kier alpha value is -2.58. The molecule has 31 heavy (non-hydrogen) atoms. The summed E-state index contributed by atoms with van der Waals surface area (Å²) in [6.07, 6.45) is 5.18. The number of fused-ring (bicyclic) bond motifs is 1. The molecule has 1 N–H and O–H groups in total. The van der Waals surface area contributed by atoms with Gasteiger partial charge in [-0.25, -0.2) is 9.37 Å². The molecule has 0 spiro atoms. The maximum atomic E-state index is 14.9.